The summed E-state index contributed by atoms with van der Waals surface area (Å²) in [6.07, 6.45) is 2.39. The molecule has 1 N–H and O–H groups in total. The fourth-order valence-electron chi connectivity index (χ4n) is 1.34. The highest BCUT2D eigenvalue weighted by Crippen LogP contribution is 2.25. The van der Waals surface area contributed by atoms with E-state index in [0.29, 0.717) is 5.69 Å². The van der Waals surface area contributed by atoms with Crippen molar-refractivity contribution < 1.29 is 9.18 Å². The number of carbonyl (C=O) groups is 1. The molecular formula is C12H7BrFIN2O. The minimum absolute atomic E-state index is 0.0320. The van der Waals surface area contributed by atoms with Gasteiger partial charge in [-0.3, -0.25) is 9.78 Å². The molecule has 0 atom stereocenters. The zero-order valence-electron chi connectivity index (χ0n) is 8.95. The molecule has 0 saturated heterocycles. The van der Waals surface area contributed by atoms with Crippen LogP contribution < -0.4 is 5.32 Å². The van der Waals surface area contributed by atoms with E-state index in [-0.39, 0.29) is 5.56 Å². The molecule has 92 valence electrons. The Morgan fingerprint density at radius 3 is 2.83 bits per heavy atom. The van der Waals surface area contributed by atoms with Crippen molar-refractivity contribution in [1.82, 2.24) is 4.98 Å². The second-order valence-corrected chi connectivity index (χ2v) is 5.53. The summed E-state index contributed by atoms with van der Waals surface area (Å²) in [6.45, 7) is 0. The molecule has 1 heterocycles. The summed E-state index contributed by atoms with van der Waals surface area (Å²) in [5.74, 6) is -1.14. The summed E-state index contributed by atoms with van der Waals surface area (Å²) >= 11 is 5.50. The number of halogens is 3. The van der Waals surface area contributed by atoms with E-state index in [1.165, 1.54) is 12.3 Å². The van der Waals surface area contributed by atoms with Crippen LogP contribution in [0.3, 0.4) is 0 Å². The first-order chi connectivity index (χ1) is 8.58. The van der Waals surface area contributed by atoms with E-state index in [1.807, 2.05) is 12.1 Å². The molecule has 0 spiro atoms. The quantitative estimate of drug-likeness (QED) is 0.750. The first kappa shape index (κ1) is 13.4. The number of nitrogens with one attached hydrogen (secondary N) is 1. The Hall–Kier alpha value is -1.02. The van der Waals surface area contributed by atoms with Crippen molar-refractivity contribution in [3.63, 3.8) is 0 Å². The molecule has 0 saturated carbocycles. The third kappa shape index (κ3) is 3.05. The average Bonchev–Trinajstić information content (AvgIpc) is 2.33. The fraction of sp³-hybridized carbons (Fsp3) is 0. The molecule has 3 nitrogen and oxygen atoms in total. The van der Waals surface area contributed by atoms with Gasteiger partial charge >= 0.3 is 0 Å². The van der Waals surface area contributed by atoms with Gasteiger partial charge in [-0.05, 0) is 62.8 Å². The van der Waals surface area contributed by atoms with Crippen molar-refractivity contribution in [2.75, 3.05) is 5.32 Å². The number of amides is 1. The van der Waals surface area contributed by atoms with E-state index in [4.69, 9.17) is 0 Å². The summed E-state index contributed by atoms with van der Waals surface area (Å²) in [5, 5.41) is 2.64. The molecule has 2 rings (SSSR count). The van der Waals surface area contributed by atoms with Crippen molar-refractivity contribution in [2.24, 2.45) is 0 Å². The topological polar surface area (TPSA) is 42.0 Å². The van der Waals surface area contributed by atoms with Gasteiger partial charge in [-0.2, -0.15) is 0 Å². The molecule has 1 aromatic carbocycles. The lowest BCUT2D eigenvalue weighted by Crippen LogP contribution is -2.14. The highest BCUT2D eigenvalue weighted by molar-refractivity contribution is 14.1. The van der Waals surface area contributed by atoms with Gasteiger partial charge in [0.25, 0.3) is 5.91 Å². The second-order valence-electron chi connectivity index (χ2n) is 3.43. The van der Waals surface area contributed by atoms with Gasteiger partial charge in [-0.1, -0.05) is 0 Å². The van der Waals surface area contributed by atoms with E-state index in [0.717, 1.165) is 14.2 Å². The zero-order chi connectivity index (χ0) is 13.1. The molecule has 0 fully saturated rings. The number of pyridine rings is 1. The molecule has 0 radical (unpaired) electrons. The number of rotatable bonds is 2. The van der Waals surface area contributed by atoms with Gasteiger partial charge in [0.05, 0.1) is 17.4 Å². The Balaban J connectivity index is 2.24. The maximum absolute atomic E-state index is 13.4. The maximum atomic E-state index is 13.4. The van der Waals surface area contributed by atoms with Crippen LogP contribution in [0.2, 0.25) is 0 Å². The van der Waals surface area contributed by atoms with Crippen LogP contribution in [-0.2, 0) is 0 Å². The van der Waals surface area contributed by atoms with Gasteiger partial charge in [0.1, 0.15) is 0 Å². The Bertz CT molecular complexity index is 606. The number of nitrogens with zero attached hydrogens (tertiary/aromatic N) is 1. The molecule has 1 amide bonds. The normalized spacial score (nSPS) is 10.2. The van der Waals surface area contributed by atoms with Gasteiger partial charge in [0.15, 0.2) is 5.82 Å². The summed E-state index contributed by atoms with van der Waals surface area (Å²) in [6, 6.07) is 6.80. The van der Waals surface area contributed by atoms with E-state index >= 15 is 0 Å². The monoisotopic (exact) mass is 420 g/mol. The SMILES string of the molecule is O=C(Nc1ccc(I)cc1Br)c1ccncc1F. The summed E-state index contributed by atoms with van der Waals surface area (Å²) in [5.41, 5.74) is 0.562. The Kier molecular flexibility index (Phi) is 4.28. The highest BCUT2D eigenvalue weighted by Gasteiger charge is 2.12. The minimum Gasteiger partial charge on any atom is -0.321 e. The molecule has 0 aliphatic carbocycles. The minimum atomic E-state index is -0.642. The van der Waals surface area contributed by atoms with Crippen molar-refractivity contribution >= 4 is 50.1 Å². The number of hydrogen-bond acceptors (Lipinski definition) is 2. The lowest BCUT2D eigenvalue weighted by Gasteiger charge is -2.08. The molecule has 6 heteroatoms. The summed E-state index contributed by atoms with van der Waals surface area (Å²) in [7, 11) is 0. The molecule has 0 aliphatic rings. The molecule has 0 aliphatic heterocycles. The fourth-order valence-corrected chi connectivity index (χ4v) is 2.74. The largest absolute Gasteiger partial charge is 0.321 e. The summed E-state index contributed by atoms with van der Waals surface area (Å²) in [4.78, 5) is 15.5. The molecule has 18 heavy (non-hydrogen) atoms. The number of benzene rings is 1. The van der Waals surface area contributed by atoms with Crippen LogP contribution in [0, 0.1) is 9.39 Å². The van der Waals surface area contributed by atoms with Crippen LogP contribution in [0.4, 0.5) is 10.1 Å². The zero-order valence-corrected chi connectivity index (χ0v) is 12.7. The van der Waals surface area contributed by atoms with E-state index in [9.17, 15) is 9.18 Å². The standard InChI is InChI=1S/C12H7BrFIN2O/c13-9-5-7(15)1-2-11(9)17-12(18)8-3-4-16-6-10(8)14/h1-6H,(H,17,18). The predicted molar refractivity (Wildman–Crippen MR) is 79.0 cm³/mol. The van der Waals surface area contributed by atoms with Crippen LogP contribution in [0.1, 0.15) is 10.4 Å². The second kappa shape index (κ2) is 5.75. The van der Waals surface area contributed by atoms with Crippen molar-refractivity contribution in [3.8, 4) is 0 Å². The smallest absolute Gasteiger partial charge is 0.258 e. The Labute approximate surface area is 125 Å². The van der Waals surface area contributed by atoms with Gasteiger partial charge in [0, 0.05) is 14.2 Å². The number of hydrogen-bond donors (Lipinski definition) is 1. The predicted octanol–water partition coefficient (Wildman–Crippen LogP) is 3.84. The Morgan fingerprint density at radius 2 is 2.17 bits per heavy atom. The van der Waals surface area contributed by atoms with Crippen LogP contribution >= 0.6 is 38.5 Å². The first-order valence-corrected chi connectivity index (χ1v) is 6.81. The lowest BCUT2D eigenvalue weighted by atomic mass is 10.2. The van der Waals surface area contributed by atoms with Crippen LogP contribution in [-0.4, -0.2) is 10.9 Å². The molecular weight excluding hydrogens is 414 g/mol. The van der Waals surface area contributed by atoms with Crippen molar-refractivity contribution in [2.45, 2.75) is 0 Å². The highest BCUT2D eigenvalue weighted by atomic mass is 127. The van der Waals surface area contributed by atoms with Crippen molar-refractivity contribution in [1.29, 1.82) is 0 Å². The number of aromatic nitrogens is 1. The first-order valence-electron chi connectivity index (χ1n) is 4.94. The van der Waals surface area contributed by atoms with E-state index in [1.54, 1.807) is 6.07 Å². The van der Waals surface area contributed by atoms with Gasteiger partial charge in [-0.15, -0.1) is 0 Å². The van der Waals surface area contributed by atoms with Crippen LogP contribution in [0.15, 0.2) is 41.1 Å². The lowest BCUT2D eigenvalue weighted by molar-refractivity contribution is 0.102. The third-order valence-corrected chi connectivity index (χ3v) is 3.52. The number of anilines is 1. The van der Waals surface area contributed by atoms with E-state index in [2.05, 4.69) is 48.8 Å². The van der Waals surface area contributed by atoms with Crippen molar-refractivity contribution in [3.05, 3.63) is 56.1 Å². The summed E-state index contributed by atoms with van der Waals surface area (Å²) < 4.78 is 15.2. The van der Waals surface area contributed by atoms with Gasteiger partial charge in [-0.25, -0.2) is 4.39 Å². The molecule has 2 aromatic rings. The molecule has 1 aromatic heterocycles. The van der Waals surface area contributed by atoms with Crippen LogP contribution in [0.25, 0.3) is 0 Å². The van der Waals surface area contributed by atoms with Gasteiger partial charge < -0.3 is 5.32 Å². The average molecular weight is 421 g/mol. The molecule has 0 unspecified atom stereocenters. The Morgan fingerprint density at radius 1 is 1.39 bits per heavy atom. The van der Waals surface area contributed by atoms with E-state index < -0.39 is 11.7 Å². The third-order valence-electron chi connectivity index (χ3n) is 2.20. The van der Waals surface area contributed by atoms with Crippen LogP contribution in [0.5, 0.6) is 0 Å². The number of carbonyl (C=O) groups excluding carboxylic acids is 1. The maximum Gasteiger partial charge on any atom is 0.258 e. The van der Waals surface area contributed by atoms with Gasteiger partial charge in [0.2, 0.25) is 0 Å². The molecule has 0 bridgehead atoms.